The Balaban J connectivity index is 2.84. The topological polar surface area (TPSA) is 69.7 Å². The number of aliphatic hydroxyl groups is 2. The fourth-order valence-corrected chi connectivity index (χ4v) is 1.37. The number of nitrogens with zero attached hydrogens (tertiary/aromatic N) is 1. The third-order valence-corrected chi connectivity index (χ3v) is 2.08. The zero-order valence-electron chi connectivity index (χ0n) is 8.80. The van der Waals surface area contributed by atoms with Crippen LogP contribution in [0.5, 0.6) is 0 Å². The van der Waals surface area contributed by atoms with E-state index < -0.39 is 12.3 Å². The van der Waals surface area contributed by atoms with Crippen molar-refractivity contribution in [3.05, 3.63) is 31.2 Å². The quantitative estimate of drug-likeness (QED) is 0.502. The van der Waals surface area contributed by atoms with Gasteiger partial charge in [-0.1, -0.05) is 0 Å². The molecule has 0 fully saturated rings. The number of nitrogen functional groups attached to an aromatic ring is 1. The summed E-state index contributed by atoms with van der Waals surface area (Å²) < 4.78 is 0. The van der Waals surface area contributed by atoms with Crippen LogP contribution in [0.15, 0.2) is 24.3 Å². The maximum absolute atomic E-state index is 9.54. The van der Waals surface area contributed by atoms with Gasteiger partial charge in [0.05, 0.1) is 6.10 Å². The summed E-state index contributed by atoms with van der Waals surface area (Å²) in [5.41, 5.74) is 7.03. The number of rotatable bonds is 4. The van der Waals surface area contributed by atoms with Crippen LogP contribution in [-0.4, -0.2) is 29.1 Å². The Bertz CT molecular complexity index is 296. The molecule has 83 valence electrons. The molecule has 0 saturated heterocycles. The van der Waals surface area contributed by atoms with E-state index in [4.69, 9.17) is 5.73 Å². The average Bonchev–Trinajstić information content (AvgIpc) is 2.15. The van der Waals surface area contributed by atoms with Crippen molar-refractivity contribution in [2.24, 2.45) is 0 Å². The predicted molar refractivity (Wildman–Crippen MR) is 61.2 cm³/mol. The Kier molecular flexibility index (Phi) is 3.94. The normalized spacial score (nSPS) is 14.7. The highest BCUT2D eigenvalue weighted by Gasteiger charge is 2.13. The van der Waals surface area contributed by atoms with Crippen molar-refractivity contribution in [1.29, 1.82) is 0 Å². The van der Waals surface area contributed by atoms with Gasteiger partial charge < -0.3 is 20.8 Å². The second kappa shape index (κ2) is 5.00. The highest BCUT2D eigenvalue weighted by molar-refractivity contribution is 5.53. The molecule has 0 saturated carbocycles. The summed E-state index contributed by atoms with van der Waals surface area (Å²) >= 11 is 0. The minimum absolute atomic E-state index is 0.279. The van der Waals surface area contributed by atoms with Gasteiger partial charge in [0.25, 0.3) is 0 Å². The molecule has 0 spiro atoms. The minimum Gasteiger partial charge on any atom is -0.399 e. The van der Waals surface area contributed by atoms with Gasteiger partial charge in [-0.25, -0.2) is 0 Å². The van der Waals surface area contributed by atoms with Crippen LogP contribution in [0.25, 0.3) is 0 Å². The number of anilines is 2. The highest BCUT2D eigenvalue weighted by atomic mass is 16.3. The third-order valence-electron chi connectivity index (χ3n) is 2.08. The van der Waals surface area contributed by atoms with Gasteiger partial charge in [-0.05, 0) is 38.1 Å². The SMILES string of the molecule is [CH2]C(O)CN(c1ccc(N)cc1)C(C)O. The summed E-state index contributed by atoms with van der Waals surface area (Å²) in [6, 6.07) is 7.09. The first-order valence-corrected chi connectivity index (χ1v) is 4.82. The molecule has 1 radical (unpaired) electrons. The first kappa shape index (κ1) is 11.8. The van der Waals surface area contributed by atoms with E-state index in [1.165, 1.54) is 0 Å². The van der Waals surface area contributed by atoms with E-state index in [0.717, 1.165) is 5.69 Å². The standard InChI is InChI=1S/C11H17N2O2/c1-8(14)7-13(9(2)15)11-5-3-10(12)4-6-11/h3-6,8-9,14-15H,1,7,12H2,2H3. The second-order valence-corrected chi connectivity index (χ2v) is 3.53. The largest absolute Gasteiger partial charge is 0.399 e. The van der Waals surface area contributed by atoms with Crippen molar-refractivity contribution in [2.45, 2.75) is 19.3 Å². The third kappa shape index (κ3) is 3.42. The van der Waals surface area contributed by atoms with E-state index in [1.807, 2.05) is 0 Å². The van der Waals surface area contributed by atoms with E-state index in [0.29, 0.717) is 5.69 Å². The Morgan fingerprint density at radius 3 is 2.27 bits per heavy atom. The fourth-order valence-electron chi connectivity index (χ4n) is 1.37. The van der Waals surface area contributed by atoms with Gasteiger partial charge in [0.2, 0.25) is 0 Å². The van der Waals surface area contributed by atoms with Crippen molar-refractivity contribution >= 4 is 11.4 Å². The average molecular weight is 209 g/mol. The van der Waals surface area contributed by atoms with Crippen LogP contribution in [0, 0.1) is 6.92 Å². The molecule has 0 aromatic heterocycles. The van der Waals surface area contributed by atoms with Crippen molar-refractivity contribution < 1.29 is 10.2 Å². The second-order valence-electron chi connectivity index (χ2n) is 3.53. The van der Waals surface area contributed by atoms with Crippen LogP contribution in [0.1, 0.15) is 6.92 Å². The van der Waals surface area contributed by atoms with Gasteiger partial charge in [0, 0.05) is 17.9 Å². The molecule has 0 bridgehead atoms. The first-order chi connectivity index (χ1) is 7.00. The molecular formula is C11H17N2O2. The lowest BCUT2D eigenvalue weighted by molar-refractivity contribution is 0.160. The molecule has 0 aliphatic rings. The summed E-state index contributed by atoms with van der Waals surface area (Å²) in [6.45, 7) is 5.40. The number of hydrogen-bond acceptors (Lipinski definition) is 4. The van der Waals surface area contributed by atoms with Gasteiger partial charge in [-0.2, -0.15) is 0 Å². The lowest BCUT2D eigenvalue weighted by Crippen LogP contribution is -2.38. The van der Waals surface area contributed by atoms with Crippen molar-refractivity contribution in [3.63, 3.8) is 0 Å². The monoisotopic (exact) mass is 209 g/mol. The molecule has 1 rings (SSSR count). The number of hydrogen-bond donors (Lipinski definition) is 3. The molecule has 0 aliphatic heterocycles. The van der Waals surface area contributed by atoms with Crippen LogP contribution in [0.3, 0.4) is 0 Å². The van der Waals surface area contributed by atoms with E-state index >= 15 is 0 Å². The van der Waals surface area contributed by atoms with E-state index in [9.17, 15) is 10.2 Å². The molecule has 0 aliphatic carbocycles. The first-order valence-electron chi connectivity index (χ1n) is 4.82. The van der Waals surface area contributed by atoms with E-state index in [-0.39, 0.29) is 6.54 Å². The van der Waals surface area contributed by atoms with Crippen LogP contribution in [0.2, 0.25) is 0 Å². The van der Waals surface area contributed by atoms with Crippen molar-refractivity contribution in [2.75, 3.05) is 17.2 Å². The van der Waals surface area contributed by atoms with Gasteiger partial charge >= 0.3 is 0 Å². The molecule has 1 aromatic carbocycles. The molecule has 4 N–H and O–H groups in total. The summed E-state index contributed by atoms with van der Waals surface area (Å²) in [7, 11) is 0. The smallest absolute Gasteiger partial charge is 0.124 e. The fraction of sp³-hybridized carbons (Fsp3) is 0.364. The van der Waals surface area contributed by atoms with Gasteiger partial charge in [0.15, 0.2) is 0 Å². The zero-order valence-corrected chi connectivity index (χ0v) is 8.80. The molecule has 2 atom stereocenters. The summed E-state index contributed by atoms with van der Waals surface area (Å²) in [5.74, 6) is 0. The lowest BCUT2D eigenvalue weighted by atomic mass is 10.2. The van der Waals surface area contributed by atoms with Crippen molar-refractivity contribution in [1.82, 2.24) is 0 Å². The molecule has 15 heavy (non-hydrogen) atoms. The number of benzene rings is 1. The lowest BCUT2D eigenvalue weighted by Gasteiger charge is -2.28. The zero-order chi connectivity index (χ0) is 11.4. The van der Waals surface area contributed by atoms with E-state index in [2.05, 4.69) is 6.92 Å². The molecule has 4 heteroatoms. The summed E-state index contributed by atoms with van der Waals surface area (Å²) in [6.07, 6.45) is -1.41. The van der Waals surface area contributed by atoms with Crippen LogP contribution in [-0.2, 0) is 0 Å². The summed E-state index contributed by atoms with van der Waals surface area (Å²) in [4.78, 5) is 1.65. The Morgan fingerprint density at radius 1 is 1.33 bits per heavy atom. The Hall–Kier alpha value is -1.26. The molecule has 2 unspecified atom stereocenters. The van der Waals surface area contributed by atoms with Crippen LogP contribution in [0.4, 0.5) is 11.4 Å². The Morgan fingerprint density at radius 2 is 1.87 bits per heavy atom. The highest BCUT2D eigenvalue weighted by Crippen LogP contribution is 2.18. The number of aliphatic hydroxyl groups excluding tert-OH is 2. The van der Waals surface area contributed by atoms with E-state index in [1.54, 1.807) is 36.1 Å². The van der Waals surface area contributed by atoms with Gasteiger partial charge in [-0.15, -0.1) is 0 Å². The minimum atomic E-state index is -0.739. The van der Waals surface area contributed by atoms with Crippen LogP contribution >= 0.6 is 0 Å². The maximum atomic E-state index is 9.54. The number of nitrogens with two attached hydrogens (primary N) is 1. The molecule has 1 aromatic rings. The van der Waals surface area contributed by atoms with Gasteiger partial charge in [0.1, 0.15) is 6.23 Å². The summed E-state index contributed by atoms with van der Waals surface area (Å²) in [5, 5.41) is 18.7. The Labute approximate surface area is 89.9 Å². The predicted octanol–water partition coefficient (Wildman–Crippen LogP) is 0.608. The van der Waals surface area contributed by atoms with Crippen molar-refractivity contribution in [3.8, 4) is 0 Å². The molecular weight excluding hydrogens is 192 g/mol. The molecule has 0 amide bonds. The molecule has 0 heterocycles. The molecule has 4 nitrogen and oxygen atoms in total. The van der Waals surface area contributed by atoms with Crippen LogP contribution < -0.4 is 10.6 Å². The maximum Gasteiger partial charge on any atom is 0.124 e. The van der Waals surface area contributed by atoms with Gasteiger partial charge in [-0.3, -0.25) is 0 Å².